The van der Waals surface area contributed by atoms with E-state index < -0.39 is 0 Å². The molecule has 1 saturated heterocycles. The fourth-order valence-corrected chi connectivity index (χ4v) is 1.93. The van der Waals surface area contributed by atoms with E-state index >= 15 is 0 Å². The summed E-state index contributed by atoms with van der Waals surface area (Å²) in [5.74, 6) is -0.291. The van der Waals surface area contributed by atoms with Gasteiger partial charge in [-0.05, 0) is 25.5 Å². The molecule has 0 aliphatic carbocycles. The molecule has 4 nitrogen and oxygen atoms in total. The third kappa shape index (κ3) is 1.99. The van der Waals surface area contributed by atoms with Gasteiger partial charge >= 0.3 is 5.97 Å². The van der Waals surface area contributed by atoms with Gasteiger partial charge < -0.3 is 10.1 Å². The number of pyridine rings is 1. The van der Waals surface area contributed by atoms with E-state index in [1.807, 2.05) is 0 Å². The Morgan fingerprint density at radius 1 is 1.67 bits per heavy atom. The van der Waals surface area contributed by atoms with Crippen molar-refractivity contribution in [1.29, 1.82) is 0 Å². The minimum atomic E-state index is -0.291. The number of nitrogens with zero attached hydrogens (tertiary/aromatic N) is 1. The van der Waals surface area contributed by atoms with Gasteiger partial charge in [-0.15, -0.1) is 0 Å². The van der Waals surface area contributed by atoms with Crippen molar-refractivity contribution in [2.75, 3.05) is 13.7 Å². The van der Waals surface area contributed by atoms with Crippen molar-refractivity contribution in [2.24, 2.45) is 0 Å². The maximum Gasteiger partial charge on any atom is 0.338 e. The summed E-state index contributed by atoms with van der Waals surface area (Å²) >= 11 is 0. The Bertz CT molecular complexity index is 359. The van der Waals surface area contributed by atoms with Crippen molar-refractivity contribution in [3.63, 3.8) is 0 Å². The number of aromatic nitrogens is 1. The highest BCUT2D eigenvalue weighted by Crippen LogP contribution is 2.25. The van der Waals surface area contributed by atoms with E-state index in [1.165, 1.54) is 7.11 Å². The van der Waals surface area contributed by atoms with Crippen molar-refractivity contribution in [3.05, 3.63) is 29.6 Å². The lowest BCUT2D eigenvalue weighted by Crippen LogP contribution is -2.17. The SMILES string of the molecule is COC(=O)c1ccncc1[C@H]1CCCN1. The third-order valence-corrected chi connectivity index (χ3v) is 2.69. The lowest BCUT2D eigenvalue weighted by atomic mass is 10.0. The first kappa shape index (κ1) is 10.1. The second-order valence-electron chi connectivity index (χ2n) is 3.60. The Morgan fingerprint density at radius 2 is 2.53 bits per heavy atom. The summed E-state index contributed by atoms with van der Waals surface area (Å²) in [5, 5.41) is 3.34. The van der Waals surface area contributed by atoms with E-state index in [-0.39, 0.29) is 12.0 Å². The second-order valence-corrected chi connectivity index (χ2v) is 3.60. The van der Waals surface area contributed by atoms with Crippen LogP contribution in [-0.2, 0) is 4.74 Å². The van der Waals surface area contributed by atoms with Crippen LogP contribution in [0.15, 0.2) is 18.5 Å². The molecule has 2 rings (SSSR count). The van der Waals surface area contributed by atoms with Crippen molar-refractivity contribution in [3.8, 4) is 0 Å². The van der Waals surface area contributed by atoms with Gasteiger partial charge in [0.25, 0.3) is 0 Å². The first-order valence-corrected chi connectivity index (χ1v) is 5.08. The van der Waals surface area contributed by atoms with Gasteiger partial charge in [0.05, 0.1) is 12.7 Å². The van der Waals surface area contributed by atoms with Crippen LogP contribution in [0.1, 0.15) is 34.8 Å². The van der Waals surface area contributed by atoms with Crippen molar-refractivity contribution in [1.82, 2.24) is 10.3 Å². The zero-order chi connectivity index (χ0) is 10.7. The van der Waals surface area contributed by atoms with Crippen LogP contribution in [0.2, 0.25) is 0 Å². The van der Waals surface area contributed by atoms with Gasteiger partial charge in [-0.2, -0.15) is 0 Å². The zero-order valence-corrected chi connectivity index (χ0v) is 8.69. The molecule has 1 N–H and O–H groups in total. The fraction of sp³-hybridized carbons (Fsp3) is 0.455. The van der Waals surface area contributed by atoms with Gasteiger partial charge in [0.2, 0.25) is 0 Å². The summed E-state index contributed by atoms with van der Waals surface area (Å²) in [4.78, 5) is 15.6. The van der Waals surface area contributed by atoms with E-state index in [2.05, 4.69) is 10.3 Å². The van der Waals surface area contributed by atoms with Crippen molar-refractivity contribution in [2.45, 2.75) is 18.9 Å². The van der Waals surface area contributed by atoms with Gasteiger partial charge in [-0.1, -0.05) is 0 Å². The monoisotopic (exact) mass is 206 g/mol. The molecule has 1 fully saturated rings. The van der Waals surface area contributed by atoms with E-state index in [0.29, 0.717) is 5.56 Å². The highest BCUT2D eigenvalue weighted by molar-refractivity contribution is 5.91. The van der Waals surface area contributed by atoms with E-state index in [4.69, 9.17) is 4.74 Å². The molecule has 0 spiro atoms. The normalized spacial score (nSPS) is 20.2. The minimum absolute atomic E-state index is 0.243. The zero-order valence-electron chi connectivity index (χ0n) is 8.69. The first-order valence-electron chi connectivity index (χ1n) is 5.08. The molecule has 0 radical (unpaired) electrons. The molecular weight excluding hydrogens is 192 g/mol. The molecule has 80 valence electrons. The summed E-state index contributed by atoms with van der Waals surface area (Å²) in [5.41, 5.74) is 1.56. The highest BCUT2D eigenvalue weighted by atomic mass is 16.5. The Hall–Kier alpha value is -1.42. The second kappa shape index (κ2) is 4.40. The van der Waals surface area contributed by atoms with Crippen LogP contribution in [-0.4, -0.2) is 24.6 Å². The Labute approximate surface area is 88.7 Å². The highest BCUT2D eigenvalue weighted by Gasteiger charge is 2.22. The molecule has 0 aromatic carbocycles. The molecule has 1 aliphatic heterocycles. The van der Waals surface area contributed by atoms with Crippen LogP contribution < -0.4 is 5.32 Å². The van der Waals surface area contributed by atoms with E-state index in [0.717, 1.165) is 24.9 Å². The molecule has 1 atom stereocenters. The molecular formula is C11H14N2O2. The van der Waals surface area contributed by atoms with Crippen LogP contribution in [0, 0.1) is 0 Å². The van der Waals surface area contributed by atoms with Crippen molar-refractivity contribution < 1.29 is 9.53 Å². The summed E-state index contributed by atoms with van der Waals surface area (Å²) in [6, 6.07) is 1.95. The summed E-state index contributed by atoms with van der Waals surface area (Å²) in [6.07, 6.45) is 5.55. The first-order chi connectivity index (χ1) is 7.33. The number of hydrogen-bond acceptors (Lipinski definition) is 4. The van der Waals surface area contributed by atoms with Gasteiger partial charge in [0, 0.05) is 24.0 Å². The molecule has 1 aromatic rings. The minimum Gasteiger partial charge on any atom is -0.465 e. The number of ether oxygens (including phenoxy) is 1. The number of methoxy groups -OCH3 is 1. The number of carbonyl (C=O) groups excluding carboxylic acids is 1. The summed E-state index contributed by atoms with van der Waals surface area (Å²) in [6.45, 7) is 1.00. The quantitative estimate of drug-likeness (QED) is 0.741. The largest absolute Gasteiger partial charge is 0.465 e. The van der Waals surface area contributed by atoms with Crippen LogP contribution in [0.5, 0.6) is 0 Å². The van der Waals surface area contributed by atoms with E-state index in [1.54, 1.807) is 18.5 Å². The molecule has 2 heterocycles. The third-order valence-electron chi connectivity index (χ3n) is 2.69. The van der Waals surface area contributed by atoms with Crippen LogP contribution in [0.25, 0.3) is 0 Å². The van der Waals surface area contributed by atoms with Crippen molar-refractivity contribution >= 4 is 5.97 Å². The standard InChI is InChI=1S/C11H14N2O2/c1-15-11(14)8-4-6-12-7-9(8)10-3-2-5-13-10/h4,6-7,10,13H,2-3,5H2,1H3/t10-/m1/s1. The topological polar surface area (TPSA) is 51.2 Å². The fourth-order valence-electron chi connectivity index (χ4n) is 1.93. The number of esters is 1. The van der Waals surface area contributed by atoms with Crippen LogP contribution >= 0.6 is 0 Å². The molecule has 1 aliphatic rings. The van der Waals surface area contributed by atoms with Gasteiger partial charge in [-0.25, -0.2) is 4.79 Å². The lowest BCUT2D eigenvalue weighted by molar-refractivity contribution is 0.0598. The van der Waals surface area contributed by atoms with Gasteiger partial charge in [0.1, 0.15) is 0 Å². The maximum absolute atomic E-state index is 11.5. The number of nitrogens with one attached hydrogen (secondary N) is 1. The number of rotatable bonds is 2. The summed E-state index contributed by atoms with van der Waals surface area (Å²) < 4.78 is 4.74. The van der Waals surface area contributed by atoms with Gasteiger partial charge in [0.15, 0.2) is 0 Å². The Balaban J connectivity index is 2.32. The van der Waals surface area contributed by atoms with Crippen LogP contribution in [0.3, 0.4) is 0 Å². The molecule has 0 saturated carbocycles. The molecule has 4 heteroatoms. The Morgan fingerprint density at radius 3 is 3.20 bits per heavy atom. The number of carbonyl (C=O) groups is 1. The molecule has 0 amide bonds. The van der Waals surface area contributed by atoms with Crippen LogP contribution in [0.4, 0.5) is 0 Å². The van der Waals surface area contributed by atoms with Gasteiger partial charge in [-0.3, -0.25) is 4.98 Å². The van der Waals surface area contributed by atoms with E-state index in [9.17, 15) is 4.79 Å². The smallest absolute Gasteiger partial charge is 0.338 e. The predicted molar refractivity (Wildman–Crippen MR) is 55.6 cm³/mol. The Kier molecular flexibility index (Phi) is 2.97. The molecule has 15 heavy (non-hydrogen) atoms. The molecule has 0 bridgehead atoms. The molecule has 0 unspecified atom stereocenters. The maximum atomic E-state index is 11.5. The summed E-state index contributed by atoms with van der Waals surface area (Å²) in [7, 11) is 1.40. The average molecular weight is 206 g/mol. The molecule has 1 aromatic heterocycles. The number of hydrogen-bond donors (Lipinski definition) is 1. The average Bonchev–Trinajstić information content (AvgIpc) is 2.81. The lowest BCUT2D eigenvalue weighted by Gasteiger charge is -2.13. The predicted octanol–water partition coefficient (Wildman–Crippen LogP) is 1.29.